The lowest BCUT2D eigenvalue weighted by Crippen LogP contribution is -2.13. The zero-order valence-corrected chi connectivity index (χ0v) is 8.73. The van der Waals surface area contributed by atoms with Gasteiger partial charge in [0.05, 0.1) is 5.41 Å². The Morgan fingerprint density at radius 2 is 2.08 bits per heavy atom. The van der Waals surface area contributed by atoms with Gasteiger partial charge in [-0.2, -0.15) is 0 Å². The van der Waals surface area contributed by atoms with E-state index in [0.717, 1.165) is 17.3 Å². The minimum atomic E-state index is -0.0425. The molecule has 0 aromatic heterocycles. The highest BCUT2D eigenvalue weighted by atomic mass is 79.9. The van der Waals surface area contributed by atoms with Crippen molar-refractivity contribution in [1.29, 1.82) is 0 Å². The van der Waals surface area contributed by atoms with E-state index < -0.39 is 0 Å². The van der Waals surface area contributed by atoms with Crippen molar-refractivity contribution in [3.05, 3.63) is 33.8 Å². The predicted octanol–water partition coefficient (Wildman–Crippen LogP) is 2.61. The largest absolute Gasteiger partial charge is 0.298 e. The quantitative estimate of drug-likeness (QED) is 0.677. The Morgan fingerprint density at radius 1 is 1.31 bits per heavy atom. The average molecular weight is 237 g/mol. The maximum atomic E-state index is 11.7. The topological polar surface area (TPSA) is 17.1 Å². The summed E-state index contributed by atoms with van der Waals surface area (Å²) >= 11 is 3.50. The van der Waals surface area contributed by atoms with Crippen LogP contribution in [0.4, 0.5) is 0 Å². The number of carbonyl (C=O) groups excluding carboxylic acids is 1. The van der Waals surface area contributed by atoms with Crippen molar-refractivity contribution in [2.75, 3.05) is 0 Å². The summed E-state index contributed by atoms with van der Waals surface area (Å²) in [5.74, 6) is 0.425. The van der Waals surface area contributed by atoms with Gasteiger partial charge in [-0.3, -0.25) is 4.79 Å². The second kappa shape index (κ2) is 2.24. The lowest BCUT2D eigenvalue weighted by Gasteiger charge is -2.06. The average Bonchev–Trinajstić information content (AvgIpc) is 2.83. The van der Waals surface area contributed by atoms with Crippen LogP contribution in [0.1, 0.15) is 24.0 Å². The molecule has 1 nitrogen and oxygen atoms in total. The highest BCUT2D eigenvalue weighted by Gasteiger charge is 2.55. The van der Waals surface area contributed by atoms with Gasteiger partial charge in [-0.25, -0.2) is 0 Å². The van der Waals surface area contributed by atoms with Gasteiger partial charge in [0.25, 0.3) is 0 Å². The monoisotopic (exact) mass is 236 g/mol. The summed E-state index contributed by atoms with van der Waals surface area (Å²) < 4.78 is 1.10. The molecule has 66 valence electrons. The SMILES string of the molecule is O=C1Cc2c(Br)cccc2C12CC2. The number of fused-ring (bicyclic) bond motifs is 2. The van der Waals surface area contributed by atoms with Gasteiger partial charge in [0.1, 0.15) is 5.78 Å². The van der Waals surface area contributed by atoms with E-state index in [1.807, 2.05) is 12.1 Å². The molecule has 1 aromatic carbocycles. The highest BCUT2D eigenvalue weighted by Crippen LogP contribution is 2.55. The van der Waals surface area contributed by atoms with Gasteiger partial charge in [0.15, 0.2) is 0 Å². The molecule has 1 aromatic rings. The van der Waals surface area contributed by atoms with Gasteiger partial charge < -0.3 is 0 Å². The number of hydrogen-bond acceptors (Lipinski definition) is 1. The lowest BCUT2D eigenvalue weighted by molar-refractivity contribution is -0.119. The van der Waals surface area contributed by atoms with Gasteiger partial charge in [-0.05, 0) is 30.0 Å². The van der Waals surface area contributed by atoms with Crippen LogP contribution in [0.5, 0.6) is 0 Å². The van der Waals surface area contributed by atoms with E-state index in [1.54, 1.807) is 0 Å². The summed E-state index contributed by atoms with van der Waals surface area (Å²) in [5, 5.41) is 0. The molecule has 3 rings (SSSR count). The van der Waals surface area contributed by atoms with Gasteiger partial charge in [0, 0.05) is 10.9 Å². The number of carbonyl (C=O) groups is 1. The smallest absolute Gasteiger partial charge is 0.147 e. The van der Waals surface area contributed by atoms with Crippen molar-refractivity contribution < 1.29 is 4.79 Å². The molecule has 0 heterocycles. The number of ketones is 1. The maximum absolute atomic E-state index is 11.7. The molecule has 0 aliphatic heterocycles. The third-order valence-corrected chi connectivity index (χ3v) is 4.00. The Balaban J connectivity index is 2.28. The second-order valence-electron chi connectivity index (χ2n) is 3.95. The Morgan fingerprint density at radius 3 is 2.77 bits per heavy atom. The van der Waals surface area contributed by atoms with Crippen LogP contribution in [0.2, 0.25) is 0 Å². The molecule has 0 radical (unpaired) electrons. The first-order valence-corrected chi connectivity index (χ1v) is 5.34. The summed E-state index contributed by atoms with van der Waals surface area (Å²) in [7, 11) is 0. The van der Waals surface area contributed by atoms with Crippen molar-refractivity contribution in [1.82, 2.24) is 0 Å². The molecule has 0 bridgehead atoms. The molecular formula is C11H9BrO. The van der Waals surface area contributed by atoms with Gasteiger partial charge >= 0.3 is 0 Å². The molecule has 1 spiro atoms. The van der Waals surface area contributed by atoms with Crippen LogP contribution in [-0.2, 0) is 16.6 Å². The van der Waals surface area contributed by atoms with Gasteiger partial charge in [-0.1, -0.05) is 28.1 Å². The predicted molar refractivity (Wildman–Crippen MR) is 53.8 cm³/mol. The van der Waals surface area contributed by atoms with Crippen LogP contribution in [0, 0.1) is 0 Å². The highest BCUT2D eigenvalue weighted by molar-refractivity contribution is 9.10. The summed E-state index contributed by atoms with van der Waals surface area (Å²) in [5.41, 5.74) is 2.47. The van der Waals surface area contributed by atoms with E-state index in [0.29, 0.717) is 12.2 Å². The summed E-state index contributed by atoms with van der Waals surface area (Å²) in [4.78, 5) is 11.7. The van der Waals surface area contributed by atoms with Crippen LogP contribution in [0.25, 0.3) is 0 Å². The van der Waals surface area contributed by atoms with Crippen LogP contribution < -0.4 is 0 Å². The normalized spacial score (nSPS) is 22.1. The molecule has 2 aliphatic rings. The fourth-order valence-corrected chi connectivity index (χ4v) is 2.85. The third-order valence-electron chi connectivity index (χ3n) is 3.26. The summed E-state index contributed by atoms with van der Waals surface area (Å²) in [6, 6.07) is 6.16. The number of halogens is 1. The fraction of sp³-hybridized carbons (Fsp3) is 0.364. The molecule has 0 atom stereocenters. The summed E-state index contributed by atoms with van der Waals surface area (Å²) in [6.45, 7) is 0. The zero-order valence-electron chi connectivity index (χ0n) is 7.14. The minimum Gasteiger partial charge on any atom is -0.298 e. The Labute approximate surface area is 85.3 Å². The van der Waals surface area contributed by atoms with E-state index in [9.17, 15) is 4.79 Å². The third kappa shape index (κ3) is 0.845. The molecule has 0 N–H and O–H groups in total. The molecule has 0 amide bonds. The molecule has 1 saturated carbocycles. The number of Topliss-reactive ketones (excluding diaryl/α,β-unsaturated/α-hetero) is 1. The molecule has 1 fully saturated rings. The maximum Gasteiger partial charge on any atom is 0.147 e. The van der Waals surface area contributed by atoms with Crippen LogP contribution in [0.3, 0.4) is 0 Å². The van der Waals surface area contributed by atoms with Gasteiger partial charge in [0.2, 0.25) is 0 Å². The van der Waals surface area contributed by atoms with Crippen molar-refractivity contribution in [2.24, 2.45) is 0 Å². The molecule has 0 unspecified atom stereocenters. The molecular weight excluding hydrogens is 228 g/mol. The van der Waals surface area contributed by atoms with Gasteiger partial charge in [-0.15, -0.1) is 0 Å². The Hall–Kier alpha value is -0.630. The zero-order chi connectivity index (χ0) is 9.05. The Kier molecular flexibility index (Phi) is 1.33. The van der Waals surface area contributed by atoms with E-state index in [1.165, 1.54) is 11.1 Å². The first-order chi connectivity index (χ1) is 6.24. The van der Waals surface area contributed by atoms with E-state index in [2.05, 4.69) is 22.0 Å². The summed E-state index contributed by atoms with van der Waals surface area (Å²) in [6.07, 6.45) is 2.77. The Bertz CT molecular complexity index is 405. The lowest BCUT2D eigenvalue weighted by atomic mass is 9.98. The second-order valence-corrected chi connectivity index (χ2v) is 4.80. The molecule has 13 heavy (non-hydrogen) atoms. The standard InChI is InChI=1S/C11H9BrO/c12-9-3-1-2-8-7(9)6-10(13)11(8)4-5-11/h1-3H,4-6H2. The van der Waals surface area contributed by atoms with Crippen molar-refractivity contribution in [2.45, 2.75) is 24.7 Å². The number of hydrogen-bond donors (Lipinski definition) is 0. The van der Waals surface area contributed by atoms with E-state index in [4.69, 9.17) is 0 Å². The first-order valence-electron chi connectivity index (χ1n) is 4.55. The number of rotatable bonds is 0. The number of benzene rings is 1. The van der Waals surface area contributed by atoms with Crippen molar-refractivity contribution in [3.8, 4) is 0 Å². The van der Waals surface area contributed by atoms with E-state index >= 15 is 0 Å². The van der Waals surface area contributed by atoms with Crippen LogP contribution in [0.15, 0.2) is 22.7 Å². The first kappa shape index (κ1) is 7.74. The molecule has 2 aliphatic carbocycles. The van der Waals surface area contributed by atoms with Crippen molar-refractivity contribution in [3.63, 3.8) is 0 Å². The van der Waals surface area contributed by atoms with E-state index in [-0.39, 0.29) is 5.41 Å². The molecule has 0 saturated heterocycles. The van der Waals surface area contributed by atoms with Crippen molar-refractivity contribution >= 4 is 21.7 Å². The fourth-order valence-electron chi connectivity index (χ4n) is 2.34. The van der Waals surface area contributed by atoms with Crippen LogP contribution in [-0.4, -0.2) is 5.78 Å². The molecule has 2 heteroatoms. The van der Waals surface area contributed by atoms with Crippen LogP contribution >= 0.6 is 15.9 Å². The minimum absolute atomic E-state index is 0.0425.